The topological polar surface area (TPSA) is 228 Å². The predicted octanol–water partition coefficient (Wildman–Crippen LogP) is 17.0. The number of ether oxygens (including phenoxy) is 4. The minimum atomic E-state index is -1.80. The zero-order chi connectivity index (χ0) is 70.1. The third kappa shape index (κ3) is 48.1. The lowest BCUT2D eigenvalue weighted by molar-refractivity contribution is -0.359. The van der Waals surface area contributed by atoms with Crippen molar-refractivity contribution in [3.8, 4) is 0 Å². The van der Waals surface area contributed by atoms with Gasteiger partial charge in [0.25, 0.3) is 0 Å². The number of hydrogen-bond acceptors (Lipinski definition) is 13. The van der Waals surface area contributed by atoms with Gasteiger partial charge in [-0.25, -0.2) is 0 Å². The van der Waals surface area contributed by atoms with Crippen molar-refractivity contribution in [1.82, 2.24) is 5.32 Å². The Morgan fingerprint density at radius 2 is 0.711 bits per heavy atom. The summed E-state index contributed by atoms with van der Waals surface area (Å²) in [6.45, 7) is 2.67. The largest absolute Gasteiger partial charge is 0.394 e. The fraction of sp³-hybridized carbons (Fsp3) is 0.675. The summed E-state index contributed by atoms with van der Waals surface area (Å²) in [5, 5.41) is 87.5. The maximum atomic E-state index is 13.3. The zero-order valence-electron chi connectivity index (χ0n) is 60.3. The summed E-state index contributed by atoms with van der Waals surface area (Å²) in [4.78, 5) is 13.3. The summed E-state index contributed by atoms with van der Waals surface area (Å²) in [6, 6.07) is -0.952. The van der Waals surface area contributed by atoms with Gasteiger partial charge in [0.15, 0.2) is 12.6 Å². The minimum Gasteiger partial charge on any atom is -0.394 e. The van der Waals surface area contributed by atoms with Crippen molar-refractivity contribution in [3.05, 3.63) is 158 Å². The van der Waals surface area contributed by atoms with Crippen molar-refractivity contribution in [2.45, 2.75) is 338 Å². The molecule has 0 saturated carbocycles. The Bertz CT molecular complexity index is 2240. The molecule has 0 aromatic heterocycles. The molecule has 14 nitrogen and oxygen atoms in total. The van der Waals surface area contributed by atoms with Gasteiger partial charge in [-0.1, -0.05) is 307 Å². The molecule has 2 heterocycles. The van der Waals surface area contributed by atoms with Crippen LogP contribution < -0.4 is 5.32 Å². The highest BCUT2D eigenvalue weighted by atomic mass is 16.7. The highest BCUT2D eigenvalue weighted by molar-refractivity contribution is 5.76. The average molecular weight is 1360 g/mol. The highest BCUT2D eigenvalue weighted by Gasteiger charge is 2.51. The van der Waals surface area contributed by atoms with E-state index in [4.69, 9.17) is 18.9 Å². The van der Waals surface area contributed by atoms with Gasteiger partial charge in [0.1, 0.15) is 48.8 Å². The van der Waals surface area contributed by atoms with E-state index in [0.29, 0.717) is 6.42 Å². The number of unbranched alkanes of at least 4 members (excludes halogenated alkanes) is 24. The molecule has 12 atom stereocenters. The molecular formula is C83H137NO13. The van der Waals surface area contributed by atoms with Crippen LogP contribution in [-0.2, 0) is 23.7 Å². The van der Waals surface area contributed by atoms with E-state index in [-0.39, 0.29) is 18.9 Å². The normalized spacial score (nSPS) is 23.1. The number of hydrogen-bond donors (Lipinski definition) is 9. The van der Waals surface area contributed by atoms with Crippen LogP contribution in [0.1, 0.15) is 264 Å². The minimum absolute atomic E-state index is 0.216. The predicted molar refractivity (Wildman–Crippen MR) is 401 cm³/mol. The van der Waals surface area contributed by atoms with Gasteiger partial charge in [-0.15, -0.1) is 0 Å². The highest BCUT2D eigenvalue weighted by Crippen LogP contribution is 2.30. The number of aliphatic hydroxyl groups excluding tert-OH is 8. The molecule has 552 valence electrons. The molecule has 14 heteroatoms. The first-order chi connectivity index (χ1) is 47.6. The molecule has 0 aliphatic carbocycles. The van der Waals surface area contributed by atoms with Crippen LogP contribution in [0.3, 0.4) is 0 Å². The second kappa shape index (κ2) is 65.0. The smallest absolute Gasteiger partial charge is 0.220 e. The Labute approximate surface area is 588 Å². The molecule has 1 amide bonds. The lowest BCUT2D eigenvalue weighted by atomic mass is 9.97. The molecule has 9 N–H and O–H groups in total. The molecule has 97 heavy (non-hydrogen) atoms. The lowest BCUT2D eigenvalue weighted by Crippen LogP contribution is -2.65. The van der Waals surface area contributed by atoms with Gasteiger partial charge in [0.05, 0.1) is 32.0 Å². The van der Waals surface area contributed by atoms with Gasteiger partial charge < -0.3 is 65.1 Å². The standard InChI is InChI=1S/C83H137NO13/c1-3-5-7-9-11-13-15-17-19-21-23-25-27-29-30-31-32-33-34-35-36-37-38-39-40-41-42-43-45-47-49-51-53-55-57-59-61-63-65-67-75(88)84-71(70-94-82-80(93)78(91)81(74(69-86)96-82)97-83-79(92)77(90)76(89)73(68-85)95-83)72(87)66-64-62-60-58-56-54-52-50-48-46-44-28-26-24-22-20-18-16-14-12-10-8-6-4-2/h5,7,11,13,17,19,23,25,29-30,32-33,35-36,38-39,41-42,45,47,51,53,57,59,64,66,71-74,76-83,85-87,89-93H,3-4,6,8-10,12,14-16,18,20-22,24,26-28,31,34,37,40,43-44,46,48-50,52,54-56,58,60-63,65,67-70H2,1-2H3,(H,84,88)/b7-5-,13-11-,19-17-,25-23-,30-29-,33-32-,36-35-,39-38-,42-41-,47-45-,53-51-,59-57-,66-64+. The maximum absolute atomic E-state index is 13.3. The number of carbonyl (C=O) groups is 1. The first-order valence-electron chi connectivity index (χ1n) is 38.2. The van der Waals surface area contributed by atoms with Crippen LogP contribution >= 0.6 is 0 Å². The summed E-state index contributed by atoms with van der Waals surface area (Å²) >= 11 is 0. The lowest BCUT2D eigenvalue weighted by Gasteiger charge is -2.46. The van der Waals surface area contributed by atoms with Crippen LogP contribution in [0.5, 0.6) is 0 Å². The Kier molecular flexibility index (Phi) is 59.4. The second-order valence-electron chi connectivity index (χ2n) is 26.0. The summed E-state index contributed by atoms with van der Waals surface area (Å²) in [6.07, 6.45) is 83.0. The SMILES string of the molecule is CC/C=C\C/C=C\C/C=C\C/C=C\C/C=C\C/C=C\C/C=C\C/C=C\C/C=C\C/C=C\C/C=C\C/C=C\CCCCC(=O)NC(COC1OC(CO)C(OC2OC(CO)C(O)C(O)C2O)C(O)C1O)C(O)/C=C/CCCCCCCCCCCCCCCCCCCCCCCC. The van der Waals surface area contributed by atoms with E-state index in [0.717, 1.165) is 116 Å². The third-order valence-electron chi connectivity index (χ3n) is 17.5. The van der Waals surface area contributed by atoms with Crippen LogP contribution in [0.15, 0.2) is 158 Å². The number of rotatable bonds is 61. The van der Waals surface area contributed by atoms with Crippen LogP contribution in [-0.4, -0.2) is 140 Å². The summed E-state index contributed by atoms with van der Waals surface area (Å²) in [5.41, 5.74) is 0. The Balaban J connectivity index is 1.68. The fourth-order valence-corrected chi connectivity index (χ4v) is 11.5. The molecule has 2 rings (SSSR count). The Morgan fingerprint density at radius 3 is 1.09 bits per heavy atom. The van der Waals surface area contributed by atoms with Crippen LogP contribution in [0.4, 0.5) is 0 Å². The average Bonchev–Trinajstić information content (AvgIpc) is 0.794. The molecule has 2 fully saturated rings. The summed E-state index contributed by atoms with van der Waals surface area (Å²) < 4.78 is 22.9. The summed E-state index contributed by atoms with van der Waals surface area (Å²) in [7, 11) is 0. The number of allylic oxidation sites excluding steroid dienone is 25. The van der Waals surface area contributed by atoms with E-state index in [9.17, 15) is 45.6 Å². The van der Waals surface area contributed by atoms with Crippen molar-refractivity contribution in [2.24, 2.45) is 0 Å². The molecule has 0 aromatic rings. The van der Waals surface area contributed by atoms with Gasteiger partial charge in [-0.2, -0.15) is 0 Å². The van der Waals surface area contributed by atoms with Gasteiger partial charge in [-0.05, 0) is 109 Å². The van der Waals surface area contributed by atoms with E-state index < -0.39 is 86.8 Å². The maximum Gasteiger partial charge on any atom is 0.220 e. The molecule has 2 aliphatic heterocycles. The van der Waals surface area contributed by atoms with Gasteiger partial charge in [0, 0.05) is 6.42 Å². The van der Waals surface area contributed by atoms with E-state index in [2.05, 4.69) is 165 Å². The Hall–Kier alpha value is -4.39. The van der Waals surface area contributed by atoms with Crippen molar-refractivity contribution in [3.63, 3.8) is 0 Å². The number of carbonyl (C=O) groups excluding carboxylic acids is 1. The Morgan fingerprint density at radius 1 is 0.381 bits per heavy atom. The zero-order valence-corrected chi connectivity index (χ0v) is 60.3. The van der Waals surface area contributed by atoms with E-state index in [1.807, 2.05) is 6.08 Å². The van der Waals surface area contributed by atoms with Crippen molar-refractivity contribution in [1.29, 1.82) is 0 Å². The number of nitrogens with one attached hydrogen (secondary N) is 1. The molecule has 2 saturated heterocycles. The van der Waals surface area contributed by atoms with Crippen LogP contribution in [0, 0.1) is 0 Å². The fourth-order valence-electron chi connectivity index (χ4n) is 11.5. The third-order valence-corrected chi connectivity index (χ3v) is 17.5. The summed E-state index contributed by atoms with van der Waals surface area (Å²) in [5.74, 6) is -0.286. The van der Waals surface area contributed by atoms with Crippen molar-refractivity contribution in [2.75, 3.05) is 19.8 Å². The molecule has 2 aliphatic rings. The molecular weight excluding hydrogens is 1220 g/mol. The van der Waals surface area contributed by atoms with Gasteiger partial charge in [0.2, 0.25) is 5.91 Å². The first-order valence-corrected chi connectivity index (χ1v) is 38.2. The number of amides is 1. The van der Waals surface area contributed by atoms with Crippen molar-refractivity contribution < 1.29 is 64.6 Å². The number of aliphatic hydroxyl groups is 8. The van der Waals surface area contributed by atoms with Gasteiger partial charge in [-0.3, -0.25) is 4.79 Å². The molecule has 0 bridgehead atoms. The van der Waals surface area contributed by atoms with Gasteiger partial charge >= 0.3 is 0 Å². The van der Waals surface area contributed by atoms with Crippen LogP contribution in [0.25, 0.3) is 0 Å². The molecule has 12 unspecified atom stereocenters. The van der Waals surface area contributed by atoms with E-state index >= 15 is 0 Å². The van der Waals surface area contributed by atoms with E-state index in [1.165, 1.54) is 122 Å². The second-order valence-corrected chi connectivity index (χ2v) is 26.0. The quantitative estimate of drug-likeness (QED) is 0.0204. The molecule has 0 radical (unpaired) electrons. The first kappa shape index (κ1) is 88.7. The van der Waals surface area contributed by atoms with E-state index in [1.54, 1.807) is 6.08 Å². The van der Waals surface area contributed by atoms with Crippen LogP contribution in [0.2, 0.25) is 0 Å². The monoisotopic (exact) mass is 1360 g/mol. The molecule has 0 aromatic carbocycles. The molecule has 0 spiro atoms. The van der Waals surface area contributed by atoms with Crippen molar-refractivity contribution >= 4 is 5.91 Å².